The second kappa shape index (κ2) is 5.12. The molecule has 2 amide bonds. The van der Waals surface area contributed by atoms with Gasteiger partial charge in [-0.3, -0.25) is 9.59 Å². The minimum Gasteiger partial charge on any atom is -0.378 e. The molecular formula is C13H16N2O5S. The van der Waals surface area contributed by atoms with Crippen LogP contribution in [-0.2, 0) is 14.4 Å². The Hall–Kier alpha value is -1.93. The Labute approximate surface area is 123 Å². The van der Waals surface area contributed by atoms with E-state index in [2.05, 4.69) is 4.28 Å². The molecule has 7 nitrogen and oxygen atoms in total. The number of hydroxylamine groups is 2. The molecule has 0 saturated carbocycles. The van der Waals surface area contributed by atoms with E-state index in [9.17, 15) is 18.0 Å². The van der Waals surface area contributed by atoms with Gasteiger partial charge in [0.05, 0.1) is 16.4 Å². The van der Waals surface area contributed by atoms with Crippen molar-refractivity contribution >= 4 is 27.6 Å². The Morgan fingerprint density at radius 2 is 1.67 bits per heavy atom. The summed E-state index contributed by atoms with van der Waals surface area (Å²) in [4.78, 5) is 26.0. The third-order valence-corrected chi connectivity index (χ3v) is 4.62. The average Bonchev–Trinajstić information content (AvgIpc) is 2.63. The number of carbonyl (C=O) groups is 2. The van der Waals surface area contributed by atoms with Gasteiger partial charge in [-0.25, -0.2) is 0 Å². The van der Waals surface area contributed by atoms with E-state index in [1.807, 2.05) is 0 Å². The number of fused-ring (bicyclic) bond motifs is 1. The molecule has 1 aromatic rings. The number of hydrogen-bond acceptors (Lipinski definition) is 6. The molecule has 0 unspecified atom stereocenters. The van der Waals surface area contributed by atoms with E-state index in [4.69, 9.17) is 0 Å². The molecule has 0 radical (unpaired) electrons. The van der Waals surface area contributed by atoms with Crippen LogP contribution >= 0.6 is 0 Å². The fourth-order valence-electron chi connectivity index (χ4n) is 1.74. The van der Waals surface area contributed by atoms with Gasteiger partial charge in [-0.15, -0.1) is 9.35 Å². The Bertz CT molecular complexity index is 709. The lowest BCUT2D eigenvalue weighted by molar-refractivity contribution is -0.0108. The van der Waals surface area contributed by atoms with Crippen LogP contribution in [-0.4, -0.2) is 44.6 Å². The Morgan fingerprint density at radius 3 is 2.19 bits per heavy atom. The Kier molecular flexibility index (Phi) is 3.77. The van der Waals surface area contributed by atoms with Gasteiger partial charge in [0.15, 0.2) is 0 Å². The highest BCUT2D eigenvalue weighted by Gasteiger charge is 2.40. The maximum Gasteiger partial charge on any atom is 0.290 e. The standard InChI is InChI=1S/C13H16N2O5S/c1-8(2)21(18,19)20-15-12(16)10-6-5-9(14(3)4)7-11(10)13(15)17/h5-8H,1-4H3. The first-order chi connectivity index (χ1) is 9.65. The molecular weight excluding hydrogens is 296 g/mol. The lowest BCUT2D eigenvalue weighted by Crippen LogP contribution is -2.35. The molecule has 1 aliphatic rings. The molecule has 0 saturated heterocycles. The maximum atomic E-state index is 12.2. The monoisotopic (exact) mass is 312 g/mol. The van der Waals surface area contributed by atoms with Gasteiger partial charge < -0.3 is 4.90 Å². The van der Waals surface area contributed by atoms with Crippen molar-refractivity contribution in [3.63, 3.8) is 0 Å². The van der Waals surface area contributed by atoms with Crippen LogP contribution in [0.2, 0.25) is 0 Å². The van der Waals surface area contributed by atoms with Gasteiger partial charge in [-0.05, 0) is 32.0 Å². The molecule has 2 rings (SSSR count). The lowest BCUT2D eigenvalue weighted by Gasteiger charge is -2.14. The van der Waals surface area contributed by atoms with Crippen LogP contribution in [0.4, 0.5) is 5.69 Å². The van der Waals surface area contributed by atoms with Gasteiger partial charge in [-0.2, -0.15) is 8.42 Å². The number of amides is 2. The van der Waals surface area contributed by atoms with Gasteiger partial charge in [-0.1, -0.05) is 0 Å². The van der Waals surface area contributed by atoms with Crippen molar-refractivity contribution in [3.05, 3.63) is 29.3 Å². The van der Waals surface area contributed by atoms with E-state index in [1.165, 1.54) is 26.0 Å². The number of anilines is 1. The van der Waals surface area contributed by atoms with Crippen LogP contribution in [0.3, 0.4) is 0 Å². The molecule has 1 aliphatic heterocycles. The van der Waals surface area contributed by atoms with E-state index in [0.29, 0.717) is 5.06 Å². The molecule has 0 spiro atoms. The largest absolute Gasteiger partial charge is 0.378 e. The number of carbonyl (C=O) groups excluding carboxylic acids is 2. The Morgan fingerprint density at radius 1 is 1.10 bits per heavy atom. The average molecular weight is 312 g/mol. The first-order valence-electron chi connectivity index (χ1n) is 6.28. The molecule has 0 aliphatic carbocycles. The summed E-state index contributed by atoms with van der Waals surface area (Å²) in [5, 5.41) is -0.557. The summed E-state index contributed by atoms with van der Waals surface area (Å²) in [5.41, 5.74) is 0.984. The lowest BCUT2D eigenvalue weighted by atomic mass is 10.1. The van der Waals surface area contributed by atoms with Gasteiger partial charge in [0, 0.05) is 19.8 Å². The number of nitrogens with zero attached hydrogens (tertiary/aromatic N) is 2. The third kappa shape index (κ3) is 2.64. The summed E-state index contributed by atoms with van der Waals surface area (Å²) >= 11 is 0. The number of hydrogen-bond donors (Lipinski definition) is 0. The van der Waals surface area contributed by atoms with Crippen LogP contribution in [0.15, 0.2) is 18.2 Å². The van der Waals surface area contributed by atoms with Crippen molar-refractivity contribution in [2.75, 3.05) is 19.0 Å². The third-order valence-electron chi connectivity index (χ3n) is 3.11. The summed E-state index contributed by atoms with van der Waals surface area (Å²) in [6.45, 7) is 2.80. The summed E-state index contributed by atoms with van der Waals surface area (Å²) in [5.74, 6) is -1.55. The zero-order valence-electron chi connectivity index (χ0n) is 12.2. The molecule has 21 heavy (non-hydrogen) atoms. The molecule has 0 aromatic heterocycles. The summed E-state index contributed by atoms with van der Waals surface area (Å²) in [7, 11) is -0.434. The van der Waals surface area contributed by atoms with Crippen molar-refractivity contribution in [1.29, 1.82) is 0 Å². The molecule has 0 fully saturated rings. The first-order valence-corrected chi connectivity index (χ1v) is 7.76. The number of benzene rings is 1. The zero-order valence-corrected chi connectivity index (χ0v) is 13.0. The predicted molar refractivity (Wildman–Crippen MR) is 76.4 cm³/mol. The van der Waals surface area contributed by atoms with E-state index in [-0.39, 0.29) is 11.1 Å². The van der Waals surface area contributed by atoms with E-state index < -0.39 is 27.2 Å². The van der Waals surface area contributed by atoms with E-state index in [1.54, 1.807) is 25.1 Å². The molecule has 1 heterocycles. The minimum atomic E-state index is -4.02. The topological polar surface area (TPSA) is 84.0 Å². The maximum absolute atomic E-state index is 12.2. The summed E-state index contributed by atoms with van der Waals surface area (Å²) < 4.78 is 28.1. The number of imide groups is 1. The van der Waals surface area contributed by atoms with Gasteiger partial charge in [0.25, 0.3) is 21.9 Å². The van der Waals surface area contributed by atoms with Crippen LogP contribution in [0.25, 0.3) is 0 Å². The van der Waals surface area contributed by atoms with Crippen LogP contribution in [0.1, 0.15) is 34.6 Å². The molecule has 1 aromatic carbocycles. The van der Waals surface area contributed by atoms with Crippen molar-refractivity contribution in [1.82, 2.24) is 5.06 Å². The van der Waals surface area contributed by atoms with Crippen LogP contribution in [0.5, 0.6) is 0 Å². The van der Waals surface area contributed by atoms with Crippen molar-refractivity contribution < 1.29 is 22.3 Å². The van der Waals surface area contributed by atoms with Gasteiger partial charge >= 0.3 is 0 Å². The molecule has 8 heteroatoms. The normalized spacial score (nSPS) is 14.8. The highest BCUT2D eigenvalue weighted by Crippen LogP contribution is 2.28. The summed E-state index contributed by atoms with van der Waals surface area (Å²) in [6, 6.07) is 4.68. The minimum absolute atomic E-state index is 0.129. The summed E-state index contributed by atoms with van der Waals surface area (Å²) in [6.07, 6.45) is 0. The van der Waals surface area contributed by atoms with Crippen molar-refractivity contribution in [2.24, 2.45) is 0 Å². The second-order valence-corrected chi connectivity index (χ2v) is 7.22. The quantitative estimate of drug-likeness (QED) is 0.772. The smallest absolute Gasteiger partial charge is 0.290 e. The zero-order chi connectivity index (χ0) is 15.9. The highest BCUT2D eigenvalue weighted by atomic mass is 32.2. The Balaban J connectivity index is 2.39. The SMILES string of the molecule is CC(C)S(=O)(=O)ON1C(=O)c2ccc(N(C)C)cc2C1=O. The van der Waals surface area contributed by atoms with Crippen molar-refractivity contribution in [2.45, 2.75) is 19.1 Å². The first kappa shape index (κ1) is 15.5. The molecule has 0 bridgehead atoms. The van der Waals surface area contributed by atoms with E-state index in [0.717, 1.165) is 5.69 Å². The highest BCUT2D eigenvalue weighted by molar-refractivity contribution is 7.87. The molecule has 0 N–H and O–H groups in total. The molecule has 114 valence electrons. The second-order valence-electron chi connectivity index (χ2n) is 5.15. The van der Waals surface area contributed by atoms with Crippen LogP contribution < -0.4 is 4.90 Å². The molecule has 0 atom stereocenters. The van der Waals surface area contributed by atoms with Crippen LogP contribution in [0, 0.1) is 0 Å². The predicted octanol–water partition coefficient (Wildman–Crippen LogP) is 1.02. The number of rotatable bonds is 4. The van der Waals surface area contributed by atoms with Gasteiger partial charge in [0.2, 0.25) is 0 Å². The van der Waals surface area contributed by atoms with Crippen molar-refractivity contribution in [3.8, 4) is 0 Å². The fraction of sp³-hybridized carbons (Fsp3) is 0.385. The van der Waals surface area contributed by atoms with Gasteiger partial charge in [0.1, 0.15) is 0 Å². The van der Waals surface area contributed by atoms with E-state index >= 15 is 0 Å². The fourth-order valence-corrected chi connectivity index (χ4v) is 2.26.